The van der Waals surface area contributed by atoms with E-state index in [1.807, 2.05) is 115 Å². The molecule has 1 saturated carbocycles. The van der Waals surface area contributed by atoms with Crippen molar-refractivity contribution < 1.29 is 9.90 Å². The Labute approximate surface area is 262 Å². The van der Waals surface area contributed by atoms with Crippen LogP contribution in [0.5, 0.6) is 0 Å². The number of nitriles is 1. The highest BCUT2D eigenvalue weighted by Gasteiger charge is 2.64. The molecule has 43 heavy (non-hydrogen) atoms. The number of carbonyl (C=O) groups excluding carboxylic acids is 1. The first-order valence-electron chi connectivity index (χ1n) is 14.2. The lowest BCUT2D eigenvalue weighted by Gasteiger charge is -2.56. The van der Waals surface area contributed by atoms with Gasteiger partial charge < -0.3 is 5.11 Å². The molecular formula is C38H29Cl2NO2. The molecule has 3 nitrogen and oxygen atoms in total. The molecule has 212 valence electrons. The molecule has 0 radical (unpaired) electrons. The van der Waals surface area contributed by atoms with Crippen molar-refractivity contribution in [1.29, 1.82) is 5.26 Å². The fourth-order valence-electron chi connectivity index (χ4n) is 7.04. The van der Waals surface area contributed by atoms with Gasteiger partial charge in [0.2, 0.25) is 0 Å². The van der Waals surface area contributed by atoms with E-state index in [-0.39, 0.29) is 12.2 Å². The zero-order valence-electron chi connectivity index (χ0n) is 23.3. The van der Waals surface area contributed by atoms with E-state index in [9.17, 15) is 15.2 Å². The van der Waals surface area contributed by atoms with Crippen molar-refractivity contribution in [2.45, 2.75) is 29.3 Å². The molecule has 1 aliphatic carbocycles. The van der Waals surface area contributed by atoms with E-state index in [4.69, 9.17) is 23.2 Å². The minimum atomic E-state index is -1.63. The number of aliphatic hydroxyl groups is 1. The lowest BCUT2D eigenvalue weighted by atomic mass is 9.46. The van der Waals surface area contributed by atoms with Gasteiger partial charge in [-0.2, -0.15) is 5.26 Å². The Kier molecular flexibility index (Phi) is 7.95. The number of benzene rings is 5. The lowest BCUT2D eigenvalue weighted by molar-refractivity contribution is -0.0738. The van der Waals surface area contributed by atoms with Crippen molar-refractivity contribution in [2.24, 2.45) is 5.92 Å². The van der Waals surface area contributed by atoms with Crippen molar-refractivity contribution in [3.8, 4) is 6.07 Å². The highest BCUT2D eigenvalue weighted by Crippen LogP contribution is 2.64. The molecule has 0 saturated heterocycles. The maximum absolute atomic E-state index is 14.8. The van der Waals surface area contributed by atoms with Crippen LogP contribution in [-0.4, -0.2) is 10.9 Å². The minimum absolute atomic E-state index is 0.133. The first kappa shape index (κ1) is 28.9. The highest BCUT2D eigenvalue weighted by molar-refractivity contribution is 6.30. The van der Waals surface area contributed by atoms with Crippen LogP contribution in [-0.2, 0) is 11.0 Å². The highest BCUT2D eigenvalue weighted by atomic mass is 35.5. The largest absolute Gasteiger partial charge is 0.384 e. The fourth-order valence-corrected chi connectivity index (χ4v) is 7.29. The lowest BCUT2D eigenvalue weighted by Crippen LogP contribution is -2.58. The number of ketones is 1. The summed E-state index contributed by atoms with van der Waals surface area (Å²) in [5.74, 6) is -2.51. The molecule has 5 aromatic carbocycles. The SMILES string of the molecule is N#CC1(c2ccccc2)C(c2ccc(Cl)cc2)CC(O)(c2ccccc2)C(C(=O)c2ccccc2)C1c1ccc(Cl)cc1. The second-order valence-electron chi connectivity index (χ2n) is 11.2. The quantitative estimate of drug-likeness (QED) is 0.197. The van der Waals surface area contributed by atoms with Crippen LogP contribution in [0.4, 0.5) is 0 Å². The molecule has 5 aromatic rings. The summed E-state index contributed by atoms with van der Waals surface area (Å²) in [5.41, 5.74) is 0.605. The predicted molar refractivity (Wildman–Crippen MR) is 171 cm³/mol. The number of Topliss-reactive ketones (excluding diaryl/α,β-unsaturated/α-hetero) is 1. The molecule has 5 unspecified atom stereocenters. The summed E-state index contributed by atoms with van der Waals surface area (Å²) >= 11 is 12.7. The molecule has 0 aromatic heterocycles. The summed E-state index contributed by atoms with van der Waals surface area (Å²) in [7, 11) is 0. The second-order valence-corrected chi connectivity index (χ2v) is 12.1. The number of hydrogen-bond donors (Lipinski definition) is 1. The van der Waals surface area contributed by atoms with Crippen molar-refractivity contribution >= 4 is 29.0 Å². The molecule has 5 atom stereocenters. The Balaban J connectivity index is 1.73. The Morgan fingerprint density at radius 3 is 1.65 bits per heavy atom. The molecule has 1 aliphatic rings. The van der Waals surface area contributed by atoms with Crippen molar-refractivity contribution in [1.82, 2.24) is 0 Å². The maximum atomic E-state index is 14.8. The summed E-state index contributed by atoms with van der Waals surface area (Å²) in [6.45, 7) is 0. The molecular weight excluding hydrogens is 573 g/mol. The van der Waals surface area contributed by atoms with E-state index in [0.29, 0.717) is 21.2 Å². The third kappa shape index (κ3) is 5.07. The third-order valence-corrected chi connectivity index (χ3v) is 9.46. The van der Waals surface area contributed by atoms with Gasteiger partial charge in [-0.25, -0.2) is 0 Å². The molecule has 5 heteroatoms. The van der Waals surface area contributed by atoms with Crippen LogP contribution in [0.25, 0.3) is 0 Å². The first-order chi connectivity index (χ1) is 20.9. The van der Waals surface area contributed by atoms with E-state index >= 15 is 0 Å². The summed E-state index contributed by atoms with van der Waals surface area (Å²) in [5, 5.41) is 25.7. The predicted octanol–water partition coefficient (Wildman–Crippen LogP) is 9.11. The molecule has 1 fully saturated rings. The summed E-state index contributed by atoms with van der Waals surface area (Å²) in [6.07, 6.45) is 0.133. The van der Waals surface area contributed by atoms with Crippen LogP contribution in [0, 0.1) is 17.2 Å². The smallest absolute Gasteiger partial charge is 0.169 e. The zero-order chi connectivity index (χ0) is 30.0. The molecule has 0 bridgehead atoms. The average molecular weight is 603 g/mol. The Hall–Kier alpha value is -4.20. The number of nitrogens with zero attached hydrogens (tertiary/aromatic N) is 1. The van der Waals surface area contributed by atoms with Gasteiger partial charge in [-0.15, -0.1) is 0 Å². The summed E-state index contributed by atoms with van der Waals surface area (Å²) in [4.78, 5) is 14.8. The minimum Gasteiger partial charge on any atom is -0.384 e. The van der Waals surface area contributed by atoms with Gasteiger partial charge >= 0.3 is 0 Å². The van der Waals surface area contributed by atoms with Gasteiger partial charge in [-0.05, 0) is 52.9 Å². The van der Waals surface area contributed by atoms with Crippen LogP contribution < -0.4 is 0 Å². The van der Waals surface area contributed by atoms with Crippen molar-refractivity contribution in [3.63, 3.8) is 0 Å². The van der Waals surface area contributed by atoms with Crippen LogP contribution in [0.1, 0.15) is 50.9 Å². The zero-order valence-corrected chi connectivity index (χ0v) is 24.8. The molecule has 6 rings (SSSR count). The van der Waals surface area contributed by atoms with Crippen molar-refractivity contribution in [2.75, 3.05) is 0 Å². The average Bonchev–Trinajstić information content (AvgIpc) is 3.06. The van der Waals surface area contributed by atoms with E-state index in [0.717, 1.165) is 16.7 Å². The molecule has 1 N–H and O–H groups in total. The molecule has 0 amide bonds. The Morgan fingerprint density at radius 1 is 0.674 bits per heavy atom. The number of carbonyl (C=O) groups is 1. The van der Waals surface area contributed by atoms with E-state index in [2.05, 4.69) is 6.07 Å². The Morgan fingerprint density at radius 2 is 1.14 bits per heavy atom. The van der Waals surface area contributed by atoms with Gasteiger partial charge in [0.25, 0.3) is 0 Å². The van der Waals surface area contributed by atoms with Gasteiger partial charge in [-0.1, -0.05) is 138 Å². The first-order valence-corrected chi connectivity index (χ1v) is 15.0. The van der Waals surface area contributed by atoms with Crippen LogP contribution in [0.15, 0.2) is 140 Å². The standard InChI is InChI=1S/C38H29Cl2NO2/c39-31-20-16-26(17-21-31)33-24-38(43,30-14-8-3-9-15-30)35(36(42)28-10-4-1-5-11-28)34(27-18-22-32(40)23-19-27)37(33,25-41)29-12-6-2-7-13-29/h1-23,33-35,43H,24H2. The van der Waals surface area contributed by atoms with Crippen LogP contribution in [0.3, 0.4) is 0 Å². The third-order valence-electron chi connectivity index (χ3n) is 8.96. The topological polar surface area (TPSA) is 61.1 Å². The summed E-state index contributed by atoms with van der Waals surface area (Å²) in [6, 6.07) is 45.6. The van der Waals surface area contributed by atoms with Gasteiger partial charge in [-0.3, -0.25) is 4.79 Å². The van der Waals surface area contributed by atoms with E-state index in [1.54, 1.807) is 24.3 Å². The van der Waals surface area contributed by atoms with Crippen LogP contribution >= 0.6 is 23.2 Å². The number of hydrogen-bond acceptors (Lipinski definition) is 3. The van der Waals surface area contributed by atoms with Crippen molar-refractivity contribution in [3.05, 3.63) is 177 Å². The molecule has 0 aliphatic heterocycles. The fraction of sp³-hybridized carbons (Fsp3) is 0.158. The number of rotatable bonds is 6. The van der Waals surface area contributed by atoms with Crippen LogP contribution in [0.2, 0.25) is 10.0 Å². The number of halogens is 2. The summed E-state index contributed by atoms with van der Waals surface area (Å²) < 4.78 is 0. The molecule has 0 heterocycles. The van der Waals surface area contributed by atoms with E-state index in [1.165, 1.54) is 0 Å². The second kappa shape index (κ2) is 11.8. The van der Waals surface area contributed by atoms with Gasteiger partial charge in [0.1, 0.15) is 5.60 Å². The monoisotopic (exact) mass is 601 g/mol. The van der Waals surface area contributed by atoms with Gasteiger partial charge in [0.15, 0.2) is 5.78 Å². The van der Waals surface area contributed by atoms with E-state index < -0.39 is 28.8 Å². The van der Waals surface area contributed by atoms with Gasteiger partial charge in [0, 0.05) is 27.4 Å². The van der Waals surface area contributed by atoms with Gasteiger partial charge in [0.05, 0.1) is 17.4 Å². The molecule has 0 spiro atoms. The maximum Gasteiger partial charge on any atom is 0.169 e. The normalized spacial score (nSPS) is 25.0. The Bertz CT molecular complexity index is 1750.